The van der Waals surface area contributed by atoms with Crippen molar-refractivity contribution in [2.45, 2.75) is 44.1 Å². The van der Waals surface area contributed by atoms with Crippen LogP contribution in [0.5, 0.6) is 5.75 Å². The molecule has 1 heterocycles. The lowest BCUT2D eigenvalue weighted by atomic mass is 9.94. The van der Waals surface area contributed by atoms with Gasteiger partial charge in [0.05, 0.1) is 19.8 Å². The fourth-order valence-corrected chi connectivity index (χ4v) is 5.15. The van der Waals surface area contributed by atoms with Gasteiger partial charge in [0, 0.05) is 12.0 Å². The molecule has 202 valence electrons. The highest BCUT2D eigenvalue weighted by molar-refractivity contribution is 5.87. The van der Waals surface area contributed by atoms with Crippen LogP contribution >= 0.6 is 0 Å². The van der Waals surface area contributed by atoms with Gasteiger partial charge in [0.25, 0.3) is 0 Å². The summed E-state index contributed by atoms with van der Waals surface area (Å²) in [5.41, 5.74) is 8.89. The number of hydrogen-bond donors (Lipinski definition) is 2. The molecule has 1 fully saturated rings. The number of rotatable bonds is 12. The van der Waals surface area contributed by atoms with E-state index in [9.17, 15) is 4.79 Å². The van der Waals surface area contributed by atoms with Crippen LogP contribution < -0.4 is 15.8 Å². The summed E-state index contributed by atoms with van der Waals surface area (Å²) in [5.74, 6) is 0.680. The number of hydrogen-bond acceptors (Lipinski definition) is 5. The van der Waals surface area contributed by atoms with Crippen molar-refractivity contribution in [3.8, 4) is 5.75 Å². The van der Waals surface area contributed by atoms with Crippen molar-refractivity contribution in [1.82, 2.24) is 5.32 Å². The molecule has 6 heteroatoms. The van der Waals surface area contributed by atoms with Gasteiger partial charge in [-0.05, 0) is 58.9 Å². The molecule has 1 unspecified atom stereocenters. The number of nitrogens with one attached hydrogen (secondary N) is 1. The van der Waals surface area contributed by atoms with Gasteiger partial charge >= 0.3 is 0 Å². The molecule has 4 aromatic rings. The Morgan fingerprint density at radius 1 is 0.923 bits per heavy atom. The summed E-state index contributed by atoms with van der Waals surface area (Å²) < 4.78 is 18.3. The first-order valence-corrected chi connectivity index (χ1v) is 13.6. The number of amides is 1. The van der Waals surface area contributed by atoms with Crippen LogP contribution in [-0.2, 0) is 20.9 Å². The minimum absolute atomic E-state index is 0.0623. The van der Waals surface area contributed by atoms with Crippen LogP contribution in [0.3, 0.4) is 0 Å². The lowest BCUT2D eigenvalue weighted by Gasteiger charge is -2.30. The first-order chi connectivity index (χ1) is 19.2. The third-order valence-electron chi connectivity index (χ3n) is 7.20. The van der Waals surface area contributed by atoms with Crippen LogP contribution in [-0.4, -0.2) is 32.0 Å². The minimum Gasteiger partial charge on any atom is -0.489 e. The molecule has 39 heavy (non-hydrogen) atoms. The molecule has 0 aromatic heterocycles. The molecule has 1 amide bonds. The standard InChI is InChI=1S/C33H36N2O4/c34-32(36)20-35-31(25-11-5-2-6-12-25)15-8-16-33-38-22-27(23-39-33)29-14-7-13-26-19-28(17-18-30(26)29)37-21-24-9-3-1-4-10-24/h1-7,9-14,17-19,27,31,33,35H,8,15-16,20-23H2,(H2,34,36). The molecule has 6 nitrogen and oxygen atoms in total. The lowest BCUT2D eigenvalue weighted by Crippen LogP contribution is -2.33. The highest BCUT2D eigenvalue weighted by Crippen LogP contribution is 2.32. The predicted molar refractivity (Wildman–Crippen MR) is 153 cm³/mol. The Morgan fingerprint density at radius 3 is 2.41 bits per heavy atom. The Labute approximate surface area is 230 Å². The highest BCUT2D eigenvalue weighted by Gasteiger charge is 2.25. The average molecular weight is 525 g/mol. The molecule has 4 aromatic carbocycles. The lowest BCUT2D eigenvalue weighted by molar-refractivity contribution is -0.190. The molecule has 1 atom stereocenters. The maximum atomic E-state index is 11.3. The minimum atomic E-state index is -0.356. The van der Waals surface area contributed by atoms with Crippen LogP contribution in [0.1, 0.15) is 47.9 Å². The second kappa shape index (κ2) is 13.4. The van der Waals surface area contributed by atoms with Gasteiger partial charge in [-0.25, -0.2) is 0 Å². The van der Waals surface area contributed by atoms with Crippen molar-refractivity contribution in [2.24, 2.45) is 5.73 Å². The zero-order valence-electron chi connectivity index (χ0n) is 22.1. The largest absolute Gasteiger partial charge is 0.489 e. The van der Waals surface area contributed by atoms with Gasteiger partial charge in [-0.3, -0.25) is 4.79 Å². The molecule has 0 saturated carbocycles. The molecule has 0 spiro atoms. The molecule has 3 N–H and O–H groups in total. The summed E-state index contributed by atoms with van der Waals surface area (Å²) in [5, 5.41) is 5.62. The molecule has 1 saturated heterocycles. The summed E-state index contributed by atoms with van der Waals surface area (Å²) in [6.07, 6.45) is 2.34. The Morgan fingerprint density at radius 2 is 1.67 bits per heavy atom. The molecule has 5 rings (SSSR count). The van der Waals surface area contributed by atoms with Crippen LogP contribution in [0, 0.1) is 0 Å². The van der Waals surface area contributed by atoms with E-state index in [1.165, 1.54) is 10.9 Å². The van der Waals surface area contributed by atoms with Crippen molar-refractivity contribution >= 4 is 16.7 Å². The van der Waals surface area contributed by atoms with E-state index in [1.54, 1.807) is 0 Å². The molecular weight excluding hydrogens is 488 g/mol. The smallest absolute Gasteiger partial charge is 0.231 e. The average Bonchev–Trinajstić information content (AvgIpc) is 2.98. The summed E-state index contributed by atoms with van der Waals surface area (Å²) in [7, 11) is 0. The topological polar surface area (TPSA) is 82.8 Å². The third kappa shape index (κ3) is 7.45. The second-order valence-corrected chi connectivity index (χ2v) is 10.0. The highest BCUT2D eigenvalue weighted by atomic mass is 16.7. The molecule has 1 aliphatic heterocycles. The zero-order chi connectivity index (χ0) is 26.9. The summed E-state index contributed by atoms with van der Waals surface area (Å²) in [4.78, 5) is 11.3. The second-order valence-electron chi connectivity index (χ2n) is 10.0. The number of primary amides is 1. The van der Waals surface area contributed by atoms with Crippen LogP contribution in [0.15, 0.2) is 97.1 Å². The summed E-state index contributed by atoms with van der Waals surface area (Å²) >= 11 is 0. The molecule has 0 bridgehead atoms. The van der Waals surface area contributed by atoms with Crippen molar-refractivity contribution in [3.05, 3.63) is 114 Å². The number of carbonyl (C=O) groups excluding carboxylic acids is 1. The van der Waals surface area contributed by atoms with E-state index < -0.39 is 0 Å². The van der Waals surface area contributed by atoms with Gasteiger partial charge in [0.1, 0.15) is 12.4 Å². The van der Waals surface area contributed by atoms with Crippen molar-refractivity contribution < 1.29 is 19.0 Å². The quantitative estimate of drug-likeness (QED) is 0.243. The van der Waals surface area contributed by atoms with Crippen LogP contribution in [0.25, 0.3) is 10.8 Å². The SMILES string of the molecule is NC(=O)CNC(CCCC1OCC(c2cccc3cc(OCc4ccccc4)ccc23)CO1)c1ccccc1. The van der Waals surface area contributed by atoms with Gasteiger partial charge in [-0.2, -0.15) is 0 Å². The normalized spacial score (nSPS) is 18.1. The van der Waals surface area contributed by atoms with Crippen molar-refractivity contribution in [1.29, 1.82) is 0 Å². The third-order valence-corrected chi connectivity index (χ3v) is 7.20. The van der Waals surface area contributed by atoms with E-state index in [0.717, 1.165) is 41.5 Å². The van der Waals surface area contributed by atoms with E-state index in [1.807, 2.05) is 42.5 Å². The molecule has 0 aliphatic carbocycles. The van der Waals surface area contributed by atoms with Crippen molar-refractivity contribution in [2.75, 3.05) is 19.8 Å². The fraction of sp³-hybridized carbons (Fsp3) is 0.303. The fourth-order valence-electron chi connectivity index (χ4n) is 5.15. The maximum absolute atomic E-state index is 11.3. The van der Waals surface area contributed by atoms with E-state index >= 15 is 0 Å². The monoisotopic (exact) mass is 524 g/mol. The number of ether oxygens (including phenoxy) is 3. The molecular formula is C33H36N2O4. The van der Waals surface area contributed by atoms with E-state index in [-0.39, 0.29) is 30.7 Å². The number of nitrogens with two attached hydrogens (primary N) is 1. The van der Waals surface area contributed by atoms with E-state index in [2.05, 4.69) is 59.9 Å². The first kappa shape index (κ1) is 26.9. The number of fused-ring (bicyclic) bond motifs is 1. The summed E-state index contributed by atoms with van der Waals surface area (Å²) in [6.45, 7) is 1.95. The number of carbonyl (C=O) groups is 1. The van der Waals surface area contributed by atoms with Gasteiger partial charge in [-0.15, -0.1) is 0 Å². The predicted octanol–water partition coefficient (Wildman–Crippen LogP) is 5.86. The zero-order valence-corrected chi connectivity index (χ0v) is 22.1. The Balaban J connectivity index is 1.14. The Hall–Kier alpha value is -3.71. The molecule has 0 radical (unpaired) electrons. The first-order valence-electron chi connectivity index (χ1n) is 13.6. The Bertz CT molecular complexity index is 1340. The van der Waals surface area contributed by atoms with E-state index in [4.69, 9.17) is 19.9 Å². The van der Waals surface area contributed by atoms with Gasteiger partial charge in [0.2, 0.25) is 5.91 Å². The van der Waals surface area contributed by atoms with E-state index in [0.29, 0.717) is 19.8 Å². The van der Waals surface area contributed by atoms with Gasteiger partial charge in [0.15, 0.2) is 6.29 Å². The summed E-state index contributed by atoms with van der Waals surface area (Å²) in [6, 6.07) is 33.1. The van der Waals surface area contributed by atoms with Gasteiger partial charge < -0.3 is 25.3 Å². The van der Waals surface area contributed by atoms with Crippen LogP contribution in [0.2, 0.25) is 0 Å². The molecule has 1 aliphatic rings. The van der Waals surface area contributed by atoms with Gasteiger partial charge in [-0.1, -0.05) is 84.9 Å². The van der Waals surface area contributed by atoms with Crippen molar-refractivity contribution in [3.63, 3.8) is 0 Å². The van der Waals surface area contributed by atoms with Crippen LogP contribution in [0.4, 0.5) is 0 Å². The number of benzene rings is 4. The maximum Gasteiger partial charge on any atom is 0.231 e. The Kier molecular flexibility index (Phi) is 9.22.